The van der Waals surface area contributed by atoms with Crippen molar-refractivity contribution in [2.45, 2.75) is 19.8 Å². The predicted octanol–water partition coefficient (Wildman–Crippen LogP) is 1.11. The molecule has 17 heavy (non-hydrogen) atoms. The number of benzene rings is 1. The zero-order chi connectivity index (χ0) is 13.0. The van der Waals surface area contributed by atoms with Gasteiger partial charge in [0, 0.05) is 5.56 Å². The SMILES string of the molecule is COc1cc(C(C)C(=O)NN)c(OC)cc1C. The fourth-order valence-corrected chi connectivity index (χ4v) is 1.68. The summed E-state index contributed by atoms with van der Waals surface area (Å²) in [6, 6.07) is 3.64. The number of ether oxygens (including phenoxy) is 2. The summed E-state index contributed by atoms with van der Waals surface area (Å²) in [4.78, 5) is 11.5. The van der Waals surface area contributed by atoms with Gasteiger partial charge in [-0.3, -0.25) is 10.2 Å². The van der Waals surface area contributed by atoms with E-state index in [4.69, 9.17) is 15.3 Å². The molecule has 94 valence electrons. The van der Waals surface area contributed by atoms with E-state index >= 15 is 0 Å². The highest BCUT2D eigenvalue weighted by molar-refractivity contribution is 5.83. The zero-order valence-corrected chi connectivity index (χ0v) is 10.5. The minimum absolute atomic E-state index is 0.269. The monoisotopic (exact) mass is 238 g/mol. The van der Waals surface area contributed by atoms with Gasteiger partial charge in [0.25, 0.3) is 0 Å². The fourth-order valence-electron chi connectivity index (χ4n) is 1.68. The lowest BCUT2D eigenvalue weighted by molar-refractivity contribution is -0.122. The Morgan fingerprint density at radius 1 is 1.29 bits per heavy atom. The Kier molecular flexibility index (Phi) is 4.34. The van der Waals surface area contributed by atoms with Crippen LogP contribution in [0.15, 0.2) is 12.1 Å². The van der Waals surface area contributed by atoms with Gasteiger partial charge in [-0.1, -0.05) is 0 Å². The van der Waals surface area contributed by atoms with Crippen LogP contribution < -0.4 is 20.7 Å². The smallest absolute Gasteiger partial charge is 0.241 e. The van der Waals surface area contributed by atoms with Gasteiger partial charge in [-0.2, -0.15) is 0 Å². The van der Waals surface area contributed by atoms with Gasteiger partial charge in [-0.15, -0.1) is 0 Å². The first-order chi connectivity index (χ1) is 8.04. The summed E-state index contributed by atoms with van der Waals surface area (Å²) < 4.78 is 10.5. The predicted molar refractivity (Wildman–Crippen MR) is 65.0 cm³/mol. The van der Waals surface area contributed by atoms with Gasteiger partial charge < -0.3 is 9.47 Å². The largest absolute Gasteiger partial charge is 0.496 e. The van der Waals surface area contributed by atoms with Gasteiger partial charge in [0.15, 0.2) is 0 Å². The van der Waals surface area contributed by atoms with Gasteiger partial charge in [-0.25, -0.2) is 5.84 Å². The lowest BCUT2D eigenvalue weighted by atomic mass is 9.97. The molecular weight excluding hydrogens is 220 g/mol. The van der Waals surface area contributed by atoms with Gasteiger partial charge in [-0.05, 0) is 31.5 Å². The van der Waals surface area contributed by atoms with E-state index in [0.29, 0.717) is 5.75 Å². The standard InChI is InChI=1S/C12H18N2O3/c1-7-5-11(17-4)9(6-10(7)16-3)8(2)12(15)14-13/h5-6,8H,13H2,1-4H3,(H,14,15). The number of methoxy groups -OCH3 is 2. The number of aryl methyl sites for hydroxylation is 1. The number of amides is 1. The molecule has 0 fully saturated rings. The van der Waals surface area contributed by atoms with Crippen LogP contribution in [-0.2, 0) is 4.79 Å². The lowest BCUT2D eigenvalue weighted by Crippen LogP contribution is -2.33. The molecule has 1 amide bonds. The summed E-state index contributed by atoms with van der Waals surface area (Å²) in [5.74, 6) is 5.83. The van der Waals surface area contributed by atoms with Crippen molar-refractivity contribution < 1.29 is 14.3 Å². The number of hydrogen-bond acceptors (Lipinski definition) is 4. The average molecular weight is 238 g/mol. The summed E-state index contributed by atoms with van der Waals surface area (Å²) in [5, 5.41) is 0. The quantitative estimate of drug-likeness (QED) is 0.468. The van der Waals surface area contributed by atoms with Gasteiger partial charge in [0.1, 0.15) is 11.5 Å². The molecule has 0 heterocycles. The molecule has 0 radical (unpaired) electrons. The minimum Gasteiger partial charge on any atom is -0.496 e. The van der Waals surface area contributed by atoms with Crippen molar-refractivity contribution in [2.24, 2.45) is 5.84 Å². The van der Waals surface area contributed by atoms with Crippen LogP contribution in [0, 0.1) is 6.92 Å². The minimum atomic E-state index is -0.399. The van der Waals surface area contributed by atoms with Crippen LogP contribution in [0.4, 0.5) is 0 Å². The molecule has 1 atom stereocenters. The van der Waals surface area contributed by atoms with Crippen LogP contribution in [-0.4, -0.2) is 20.1 Å². The average Bonchev–Trinajstić information content (AvgIpc) is 2.36. The Balaban J connectivity index is 3.25. The highest BCUT2D eigenvalue weighted by Crippen LogP contribution is 2.33. The first-order valence-corrected chi connectivity index (χ1v) is 5.28. The van der Waals surface area contributed by atoms with E-state index in [1.165, 1.54) is 0 Å². The van der Waals surface area contributed by atoms with Crippen molar-refractivity contribution in [2.75, 3.05) is 14.2 Å². The van der Waals surface area contributed by atoms with E-state index in [2.05, 4.69) is 5.43 Å². The number of nitrogens with one attached hydrogen (secondary N) is 1. The summed E-state index contributed by atoms with van der Waals surface area (Å²) in [7, 11) is 3.16. The highest BCUT2D eigenvalue weighted by Gasteiger charge is 2.20. The van der Waals surface area contributed by atoms with Crippen LogP contribution in [0.1, 0.15) is 24.0 Å². The second kappa shape index (κ2) is 5.54. The van der Waals surface area contributed by atoms with Gasteiger partial charge in [0.2, 0.25) is 5.91 Å². The van der Waals surface area contributed by atoms with E-state index in [0.717, 1.165) is 16.9 Å². The Hall–Kier alpha value is -1.75. The number of rotatable bonds is 4. The lowest BCUT2D eigenvalue weighted by Gasteiger charge is -2.17. The third-order valence-corrected chi connectivity index (χ3v) is 2.75. The molecule has 0 aliphatic heterocycles. The number of hydrogen-bond donors (Lipinski definition) is 2. The van der Waals surface area contributed by atoms with Crippen molar-refractivity contribution in [3.05, 3.63) is 23.3 Å². The molecule has 0 aliphatic carbocycles. The van der Waals surface area contributed by atoms with Crippen molar-refractivity contribution in [3.8, 4) is 11.5 Å². The van der Waals surface area contributed by atoms with Gasteiger partial charge >= 0.3 is 0 Å². The van der Waals surface area contributed by atoms with E-state index < -0.39 is 5.92 Å². The van der Waals surface area contributed by atoms with E-state index in [-0.39, 0.29) is 5.91 Å². The molecule has 0 bridgehead atoms. The highest BCUT2D eigenvalue weighted by atomic mass is 16.5. The molecule has 1 unspecified atom stereocenters. The molecule has 0 aromatic heterocycles. The topological polar surface area (TPSA) is 73.6 Å². The van der Waals surface area contributed by atoms with Crippen LogP contribution in [0.25, 0.3) is 0 Å². The fraction of sp³-hybridized carbons (Fsp3) is 0.417. The van der Waals surface area contributed by atoms with Crippen LogP contribution in [0.3, 0.4) is 0 Å². The Morgan fingerprint density at radius 2 is 1.88 bits per heavy atom. The summed E-state index contributed by atoms with van der Waals surface area (Å²) in [6.07, 6.45) is 0. The molecule has 1 aromatic carbocycles. The molecule has 1 aromatic rings. The Morgan fingerprint density at radius 3 is 2.35 bits per heavy atom. The third kappa shape index (κ3) is 2.68. The van der Waals surface area contributed by atoms with Crippen molar-refractivity contribution in [3.63, 3.8) is 0 Å². The number of hydrazine groups is 1. The van der Waals surface area contributed by atoms with Crippen molar-refractivity contribution >= 4 is 5.91 Å². The molecular formula is C12H18N2O3. The van der Waals surface area contributed by atoms with Crippen LogP contribution in [0.5, 0.6) is 11.5 Å². The maximum atomic E-state index is 11.5. The van der Waals surface area contributed by atoms with Crippen molar-refractivity contribution in [1.29, 1.82) is 0 Å². The summed E-state index contributed by atoms with van der Waals surface area (Å²) >= 11 is 0. The second-order valence-electron chi connectivity index (χ2n) is 3.79. The molecule has 5 nitrogen and oxygen atoms in total. The molecule has 1 rings (SSSR count). The Bertz CT molecular complexity index is 418. The van der Waals surface area contributed by atoms with Gasteiger partial charge in [0.05, 0.1) is 20.1 Å². The third-order valence-electron chi connectivity index (χ3n) is 2.75. The van der Waals surface area contributed by atoms with Crippen molar-refractivity contribution in [1.82, 2.24) is 5.43 Å². The maximum Gasteiger partial charge on any atom is 0.241 e. The second-order valence-corrected chi connectivity index (χ2v) is 3.79. The molecule has 0 spiro atoms. The molecule has 3 N–H and O–H groups in total. The zero-order valence-electron chi connectivity index (χ0n) is 10.5. The first-order valence-electron chi connectivity index (χ1n) is 5.28. The summed E-state index contributed by atoms with van der Waals surface area (Å²) in [5.41, 5.74) is 3.83. The normalized spacial score (nSPS) is 11.8. The summed E-state index contributed by atoms with van der Waals surface area (Å²) in [6.45, 7) is 3.67. The maximum absolute atomic E-state index is 11.5. The molecule has 5 heteroatoms. The number of nitrogens with two attached hydrogens (primary N) is 1. The first kappa shape index (κ1) is 13.3. The number of carbonyl (C=O) groups excluding carboxylic acids is 1. The van der Waals surface area contributed by atoms with Crippen LogP contribution in [0.2, 0.25) is 0 Å². The Labute approximate surface area is 101 Å². The molecule has 0 aliphatic rings. The van der Waals surface area contributed by atoms with E-state index in [9.17, 15) is 4.79 Å². The van der Waals surface area contributed by atoms with Crippen LogP contribution >= 0.6 is 0 Å². The molecule has 0 saturated heterocycles. The van der Waals surface area contributed by atoms with E-state index in [1.54, 1.807) is 27.2 Å². The molecule has 0 saturated carbocycles. The number of carbonyl (C=O) groups is 1. The van der Waals surface area contributed by atoms with E-state index in [1.807, 2.05) is 13.0 Å².